The normalized spacial score (nSPS) is 20.7. The minimum absolute atomic E-state index is 0.0611. The van der Waals surface area contributed by atoms with E-state index >= 15 is 0 Å². The fourth-order valence-corrected chi connectivity index (χ4v) is 3.68. The van der Waals surface area contributed by atoms with E-state index in [9.17, 15) is 9.90 Å². The Kier molecular flexibility index (Phi) is 5.94. The molecule has 2 aromatic carbocycles. The highest BCUT2D eigenvalue weighted by Crippen LogP contribution is 2.30. The van der Waals surface area contributed by atoms with Crippen molar-refractivity contribution in [2.24, 2.45) is 0 Å². The number of nitrogens with zero attached hydrogens (tertiary/aromatic N) is 1. The Morgan fingerprint density at radius 1 is 1.23 bits per heavy atom. The maximum atomic E-state index is 12.3. The van der Waals surface area contributed by atoms with Gasteiger partial charge in [0.25, 0.3) is 0 Å². The van der Waals surface area contributed by atoms with Crippen LogP contribution in [0.2, 0.25) is 0 Å². The highest BCUT2D eigenvalue weighted by molar-refractivity contribution is 5.78. The smallest absolute Gasteiger partial charge is 0.224 e. The Morgan fingerprint density at radius 3 is 2.77 bits per heavy atom. The average Bonchev–Trinajstić information content (AvgIpc) is 2.63. The second-order valence-electron chi connectivity index (χ2n) is 7.38. The first-order valence-corrected chi connectivity index (χ1v) is 9.35. The molecule has 2 aromatic rings. The minimum atomic E-state index is 0.0611. The number of benzene rings is 2. The van der Waals surface area contributed by atoms with Gasteiger partial charge in [-0.1, -0.05) is 43.3 Å². The van der Waals surface area contributed by atoms with Crippen LogP contribution in [0.4, 0.5) is 0 Å². The molecule has 0 aliphatic carbocycles. The molecule has 1 aliphatic heterocycles. The number of phenols is 1. The van der Waals surface area contributed by atoms with Crippen molar-refractivity contribution in [3.8, 4) is 5.75 Å². The van der Waals surface area contributed by atoms with Crippen LogP contribution in [0.3, 0.4) is 0 Å². The first kappa shape index (κ1) is 18.5. The predicted molar refractivity (Wildman–Crippen MR) is 104 cm³/mol. The minimum Gasteiger partial charge on any atom is -0.508 e. The van der Waals surface area contributed by atoms with Crippen LogP contribution in [0.1, 0.15) is 36.0 Å². The standard InChI is InChI=1S/C22H28N2O2/c1-16-10-11-24(2)19(13-18-8-9-20(25)14-21(16)18)15-23-22(26)12-17-6-4-3-5-7-17/h3-9,14,16,19,25H,10-13,15H2,1-2H3,(H,23,26). The predicted octanol–water partition coefficient (Wildman–Crippen LogP) is 3.10. The zero-order valence-corrected chi connectivity index (χ0v) is 15.6. The fraction of sp³-hybridized carbons (Fsp3) is 0.409. The number of hydrogen-bond donors (Lipinski definition) is 2. The lowest BCUT2D eigenvalue weighted by atomic mass is 9.87. The van der Waals surface area contributed by atoms with E-state index in [1.54, 1.807) is 6.07 Å². The van der Waals surface area contributed by atoms with Crippen LogP contribution in [-0.2, 0) is 17.6 Å². The van der Waals surface area contributed by atoms with Crippen LogP contribution in [0, 0.1) is 0 Å². The summed E-state index contributed by atoms with van der Waals surface area (Å²) in [7, 11) is 2.13. The molecule has 0 saturated heterocycles. The van der Waals surface area contributed by atoms with Gasteiger partial charge in [-0.25, -0.2) is 0 Å². The highest BCUT2D eigenvalue weighted by Gasteiger charge is 2.23. The van der Waals surface area contributed by atoms with E-state index in [0.717, 1.165) is 24.9 Å². The Hall–Kier alpha value is -2.33. The van der Waals surface area contributed by atoms with E-state index in [2.05, 4.69) is 24.2 Å². The summed E-state index contributed by atoms with van der Waals surface area (Å²) in [5, 5.41) is 12.9. The van der Waals surface area contributed by atoms with Crippen LogP contribution in [0.25, 0.3) is 0 Å². The van der Waals surface area contributed by atoms with Gasteiger partial charge in [-0.3, -0.25) is 4.79 Å². The molecule has 3 rings (SSSR count). The molecule has 2 N–H and O–H groups in total. The van der Waals surface area contributed by atoms with Crippen molar-refractivity contribution in [1.29, 1.82) is 0 Å². The molecular weight excluding hydrogens is 324 g/mol. The third kappa shape index (κ3) is 4.64. The Morgan fingerprint density at radius 2 is 2.00 bits per heavy atom. The summed E-state index contributed by atoms with van der Waals surface area (Å²) in [5.74, 6) is 0.816. The average molecular weight is 352 g/mol. The number of amides is 1. The largest absolute Gasteiger partial charge is 0.508 e. The molecule has 0 saturated carbocycles. The number of aromatic hydroxyl groups is 1. The highest BCUT2D eigenvalue weighted by atomic mass is 16.3. The number of phenolic OH excluding ortho intramolecular Hbond substituents is 1. The van der Waals surface area contributed by atoms with E-state index in [-0.39, 0.29) is 11.9 Å². The molecule has 0 bridgehead atoms. The molecule has 4 heteroatoms. The molecule has 1 heterocycles. The van der Waals surface area contributed by atoms with Crippen molar-refractivity contribution < 1.29 is 9.90 Å². The maximum Gasteiger partial charge on any atom is 0.224 e. The van der Waals surface area contributed by atoms with Crippen molar-refractivity contribution in [1.82, 2.24) is 10.2 Å². The molecule has 26 heavy (non-hydrogen) atoms. The van der Waals surface area contributed by atoms with E-state index in [1.165, 1.54) is 11.1 Å². The van der Waals surface area contributed by atoms with Gasteiger partial charge in [0.2, 0.25) is 5.91 Å². The molecular formula is C22H28N2O2. The van der Waals surface area contributed by atoms with Gasteiger partial charge in [0, 0.05) is 12.6 Å². The number of nitrogens with one attached hydrogen (secondary N) is 1. The van der Waals surface area contributed by atoms with Gasteiger partial charge in [-0.2, -0.15) is 0 Å². The second-order valence-corrected chi connectivity index (χ2v) is 7.38. The summed E-state index contributed by atoms with van der Waals surface area (Å²) in [6.07, 6.45) is 2.34. The number of rotatable bonds is 4. The van der Waals surface area contributed by atoms with E-state index in [4.69, 9.17) is 0 Å². The van der Waals surface area contributed by atoms with Gasteiger partial charge in [0.05, 0.1) is 6.42 Å². The Labute approximate surface area is 155 Å². The van der Waals surface area contributed by atoms with Crippen molar-refractivity contribution in [2.45, 2.75) is 38.1 Å². The van der Waals surface area contributed by atoms with E-state index < -0.39 is 0 Å². The van der Waals surface area contributed by atoms with Gasteiger partial charge in [-0.05, 0) is 61.2 Å². The molecule has 0 aromatic heterocycles. The summed E-state index contributed by atoms with van der Waals surface area (Å²) < 4.78 is 0. The molecule has 2 unspecified atom stereocenters. The first-order chi connectivity index (χ1) is 12.5. The number of carbonyl (C=O) groups excluding carboxylic acids is 1. The lowest BCUT2D eigenvalue weighted by Crippen LogP contribution is -2.45. The molecule has 0 spiro atoms. The van der Waals surface area contributed by atoms with Crippen molar-refractivity contribution in [3.05, 3.63) is 65.2 Å². The Bertz CT molecular complexity index is 745. The summed E-state index contributed by atoms with van der Waals surface area (Å²) in [4.78, 5) is 14.6. The zero-order chi connectivity index (χ0) is 18.5. The van der Waals surface area contributed by atoms with E-state index in [1.807, 2.05) is 42.5 Å². The third-order valence-corrected chi connectivity index (χ3v) is 5.40. The SMILES string of the molecule is CC1CCN(C)C(CNC(=O)Cc2ccccc2)Cc2ccc(O)cc21. The van der Waals surface area contributed by atoms with Crippen LogP contribution in [0.5, 0.6) is 5.75 Å². The molecule has 138 valence electrons. The van der Waals surface area contributed by atoms with Crippen LogP contribution in [0.15, 0.2) is 48.5 Å². The van der Waals surface area contributed by atoms with Crippen molar-refractivity contribution in [2.75, 3.05) is 20.1 Å². The van der Waals surface area contributed by atoms with Crippen LogP contribution in [-0.4, -0.2) is 42.1 Å². The van der Waals surface area contributed by atoms with Gasteiger partial charge in [0.15, 0.2) is 0 Å². The van der Waals surface area contributed by atoms with Crippen molar-refractivity contribution in [3.63, 3.8) is 0 Å². The van der Waals surface area contributed by atoms with Gasteiger partial charge >= 0.3 is 0 Å². The van der Waals surface area contributed by atoms with Gasteiger partial charge in [-0.15, -0.1) is 0 Å². The Balaban J connectivity index is 1.65. The summed E-state index contributed by atoms with van der Waals surface area (Å²) in [6.45, 7) is 3.83. The topological polar surface area (TPSA) is 52.6 Å². The van der Waals surface area contributed by atoms with Gasteiger partial charge in [0.1, 0.15) is 5.75 Å². The summed E-state index contributed by atoms with van der Waals surface area (Å²) in [6, 6.07) is 15.8. The van der Waals surface area contributed by atoms with Gasteiger partial charge < -0.3 is 15.3 Å². The number of carbonyl (C=O) groups is 1. The quantitative estimate of drug-likeness (QED) is 0.889. The van der Waals surface area contributed by atoms with Crippen LogP contribution < -0.4 is 5.32 Å². The number of fused-ring (bicyclic) bond motifs is 1. The van der Waals surface area contributed by atoms with Crippen molar-refractivity contribution >= 4 is 5.91 Å². The summed E-state index contributed by atoms with van der Waals surface area (Å²) in [5.41, 5.74) is 3.54. The first-order valence-electron chi connectivity index (χ1n) is 9.35. The lowest BCUT2D eigenvalue weighted by molar-refractivity contribution is -0.120. The second kappa shape index (κ2) is 8.37. The number of likely N-dealkylation sites (N-methyl/N-ethyl adjacent to an activating group) is 1. The van der Waals surface area contributed by atoms with Crippen LogP contribution >= 0.6 is 0 Å². The van der Waals surface area contributed by atoms with E-state index in [0.29, 0.717) is 24.6 Å². The molecule has 0 radical (unpaired) electrons. The maximum absolute atomic E-state index is 12.3. The molecule has 1 amide bonds. The third-order valence-electron chi connectivity index (χ3n) is 5.40. The molecule has 2 atom stereocenters. The summed E-state index contributed by atoms with van der Waals surface area (Å²) >= 11 is 0. The molecule has 0 fully saturated rings. The number of hydrogen-bond acceptors (Lipinski definition) is 3. The molecule has 4 nitrogen and oxygen atoms in total. The molecule has 1 aliphatic rings. The monoisotopic (exact) mass is 352 g/mol. The fourth-order valence-electron chi connectivity index (χ4n) is 3.68. The lowest BCUT2D eigenvalue weighted by Gasteiger charge is -2.33. The zero-order valence-electron chi connectivity index (χ0n) is 15.6.